The summed E-state index contributed by atoms with van der Waals surface area (Å²) in [7, 11) is 1.41. The molecule has 1 heterocycles. The molecule has 4 nitrogen and oxygen atoms in total. The highest BCUT2D eigenvalue weighted by atomic mass is 16.5. The van der Waals surface area contributed by atoms with Gasteiger partial charge in [0.2, 0.25) is 0 Å². The molecule has 0 spiro atoms. The molecule has 1 unspecified atom stereocenters. The second-order valence-corrected chi connectivity index (χ2v) is 4.47. The standard InChI is InChI=1S/C14H19NO3/c1-10(15-7-5-14(16)17-2)11-3-4-13-12(9-11)6-8-18-13/h3-4,9-10,15H,5-8H2,1-2H3. The third-order valence-electron chi connectivity index (χ3n) is 3.22. The fourth-order valence-electron chi connectivity index (χ4n) is 2.09. The Bertz CT molecular complexity index is 431. The molecule has 0 saturated carbocycles. The molecule has 1 aromatic rings. The van der Waals surface area contributed by atoms with Gasteiger partial charge in [0.15, 0.2) is 0 Å². The molecule has 1 N–H and O–H groups in total. The molecule has 0 aromatic heterocycles. The van der Waals surface area contributed by atoms with Crippen LogP contribution in [0.4, 0.5) is 0 Å². The summed E-state index contributed by atoms with van der Waals surface area (Å²) < 4.78 is 10.1. The van der Waals surface area contributed by atoms with Crippen molar-refractivity contribution in [2.75, 3.05) is 20.3 Å². The molecular formula is C14H19NO3. The summed E-state index contributed by atoms with van der Waals surface area (Å²) in [6.07, 6.45) is 1.38. The summed E-state index contributed by atoms with van der Waals surface area (Å²) in [5.41, 5.74) is 2.50. The topological polar surface area (TPSA) is 47.6 Å². The van der Waals surface area contributed by atoms with Gasteiger partial charge in [-0.25, -0.2) is 0 Å². The molecule has 1 aliphatic rings. The van der Waals surface area contributed by atoms with E-state index in [9.17, 15) is 4.79 Å². The predicted molar refractivity (Wildman–Crippen MR) is 68.7 cm³/mol. The van der Waals surface area contributed by atoms with Crippen LogP contribution in [0.3, 0.4) is 0 Å². The lowest BCUT2D eigenvalue weighted by atomic mass is 10.0. The Hall–Kier alpha value is -1.55. The summed E-state index contributed by atoms with van der Waals surface area (Å²) in [6, 6.07) is 6.49. The Morgan fingerprint density at radius 3 is 3.17 bits per heavy atom. The van der Waals surface area contributed by atoms with Crippen LogP contribution in [0.15, 0.2) is 18.2 Å². The van der Waals surface area contributed by atoms with E-state index in [-0.39, 0.29) is 12.0 Å². The Labute approximate surface area is 107 Å². The molecule has 0 bridgehead atoms. The van der Waals surface area contributed by atoms with Crippen LogP contribution in [-0.4, -0.2) is 26.2 Å². The summed E-state index contributed by atoms with van der Waals surface area (Å²) in [6.45, 7) is 3.50. The predicted octanol–water partition coefficient (Wildman–Crippen LogP) is 1.84. The average Bonchev–Trinajstić information content (AvgIpc) is 2.85. The number of ether oxygens (including phenoxy) is 2. The van der Waals surface area contributed by atoms with Crippen LogP contribution in [0.2, 0.25) is 0 Å². The SMILES string of the molecule is COC(=O)CCNC(C)c1ccc2c(c1)CCO2. The molecule has 18 heavy (non-hydrogen) atoms. The van der Waals surface area contributed by atoms with Crippen LogP contribution in [0.1, 0.15) is 30.5 Å². The molecule has 1 atom stereocenters. The second kappa shape index (κ2) is 5.87. The van der Waals surface area contributed by atoms with Gasteiger partial charge in [0, 0.05) is 19.0 Å². The number of hydrogen-bond donors (Lipinski definition) is 1. The lowest BCUT2D eigenvalue weighted by Crippen LogP contribution is -2.22. The van der Waals surface area contributed by atoms with Gasteiger partial charge in [-0.3, -0.25) is 4.79 Å². The van der Waals surface area contributed by atoms with Crippen molar-refractivity contribution < 1.29 is 14.3 Å². The van der Waals surface area contributed by atoms with Crippen molar-refractivity contribution in [1.29, 1.82) is 0 Å². The lowest BCUT2D eigenvalue weighted by Gasteiger charge is -2.14. The van der Waals surface area contributed by atoms with Crippen LogP contribution in [0, 0.1) is 0 Å². The van der Waals surface area contributed by atoms with Gasteiger partial charge in [-0.1, -0.05) is 12.1 Å². The van der Waals surface area contributed by atoms with E-state index >= 15 is 0 Å². The van der Waals surface area contributed by atoms with E-state index in [0.717, 1.165) is 18.8 Å². The molecule has 0 saturated heterocycles. The molecule has 0 radical (unpaired) electrons. The van der Waals surface area contributed by atoms with Gasteiger partial charge < -0.3 is 14.8 Å². The van der Waals surface area contributed by atoms with Crippen molar-refractivity contribution in [2.45, 2.75) is 25.8 Å². The van der Waals surface area contributed by atoms with Gasteiger partial charge in [-0.2, -0.15) is 0 Å². The zero-order valence-corrected chi connectivity index (χ0v) is 10.9. The van der Waals surface area contributed by atoms with Gasteiger partial charge >= 0.3 is 5.97 Å². The molecule has 1 aliphatic heterocycles. The number of fused-ring (bicyclic) bond motifs is 1. The first-order chi connectivity index (χ1) is 8.70. The van der Waals surface area contributed by atoms with Crippen molar-refractivity contribution in [1.82, 2.24) is 5.32 Å². The largest absolute Gasteiger partial charge is 0.493 e. The van der Waals surface area contributed by atoms with Crippen molar-refractivity contribution in [3.05, 3.63) is 29.3 Å². The lowest BCUT2D eigenvalue weighted by molar-refractivity contribution is -0.140. The Morgan fingerprint density at radius 2 is 2.39 bits per heavy atom. The Balaban J connectivity index is 1.89. The number of methoxy groups -OCH3 is 1. The second-order valence-electron chi connectivity index (χ2n) is 4.47. The maximum atomic E-state index is 11.0. The number of benzene rings is 1. The monoisotopic (exact) mass is 249 g/mol. The number of esters is 1. The van der Waals surface area contributed by atoms with E-state index in [1.165, 1.54) is 18.2 Å². The zero-order chi connectivity index (χ0) is 13.0. The third-order valence-corrected chi connectivity index (χ3v) is 3.22. The molecule has 0 fully saturated rings. The minimum atomic E-state index is -0.183. The van der Waals surface area contributed by atoms with Crippen molar-refractivity contribution in [3.63, 3.8) is 0 Å². The van der Waals surface area contributed by atoms with Gasteiger partial charge in [0.05, 0.1) is 20.1 Å². The van der Waals surface area contributed by atoms with E-state index in [0.29, 0.717) is 13.0 Å². The summed E-state index contributed by atoms with van der Waals surface area (Å²) in [4.78, 5) is 11.0. The number of hydrogen-bond acceptors (Lipinski definition) is 4. The molecular weight excluding hydrogens is 230 g/mol. The van der Waals surface area contributed by atoms with E-state index in [1.807, 2.05) is 6.07 Å². The molecule has 2 rings (SSSR count). The molecule has 1 aromatic carbocycles. The molecule has 98 valence electrons. The van der Waals surface area contributed by atoms with Crippen LogP contribution in [-0.2, 0) is 16.0 Å². The number of carbonyl (C=O) groups excluding carboxylic acids is 1. The van der Waals surface area contributed by atoms with E-state index in [2.05, 4.69) is 29.1 Å². The third kappa shape index (κ3) is 3.01. The van der Waals surface area contributed by atoms with Crippen LogP contribution in [0.5, 0.6) is 5.75 Å². The first-order valence-electron chi connectivity index (χ1n) is 6.26. The van der Waals surface area contributed by atoms with Crippen LogP contribution < -0.4 is 10.1 Å². The summed E-state index contributed by atoms with van der Waals surface area (Å²) >= 11 is 0. The minimum Gasteiger partial charge on any atom is -0.493 e. The maximum Gasteiger partial charge on any atom is 0.306 e. The quantitative estimate of drug-likeness (QED) is 0.809. The fraction of sp³-hybridized carbons (Fsp3) is 0.500. The minimum absolute atomic E-state index is 0.183. The summed E-state index contributed by atoms with van der Waals surface area (Å²) in [5.74, 6) is 0.817. The highest BCUT2D eigenvalue weighted by Gasteiger charge is 2.14. The highest BCUT2D eigenvalue weighted by molar-refractivity contribution is 5.69. The number of rotatable bonds is 5. The van der Waals surface area contributed by atoms with Crippen molar-refractivity contribution in [3.8, 4) is 5.75 Å². The normalized spacial score (nSPS) is 14.8. The smallest absolute Gasteiger partial charge is 0.306 e. The number of carbonyl (C=O) groups is 1. The van der Waals surface area contributed by atoms with E-state index in [1.54, 1.807) is 0 Å². The van der Waals surface area contributed by atoms with Gasteiger partial charge in [0.1, 0.15) is 5.75 Å². The van der Waals surface area contributed by atoms with E-state index in [4.69, 9.17) is 4.74 Å². The number of nitrogens with one attached hydrogen (secondary N) is 1. The van der Waals surface area contributed by atoms with E-state index < -0.39 is 0 Å². The Kier molecular flexibility index (Phi) is 4.20. The van der Waals surface area contributed by atoms with Crippen LogP contribution in [0.25, 0.3) is 0 Å². The van der Waals surface area contributed by atoms with Gasteiger partial charge in [-0.15, -0.1) is 0 Å². The van der Waals surface area contributed by atoms with Crippen molar-refractivity contribution in [2.24, 2.45) is 0 Å². The highest BCUT2D eigenvalue weighted by Crippen LogP contribution is 2.27. The first kappa shape index (κ1) is 12.9. The average molecular weight is 249 g/mol. The molecule has 0 aliphatic carbocycles. The van der Waals surface area contributed by atoms with Crippen LogP contribution >= 0.6 is 0 Å². The summed E-state index contributed by atoms with van der Waals surface area (Å²) in [5, 5.41) is 3.31. The maximum absolute atomic E-state index is 11.0. The molecule has 4 heteroatoms. The first-order valence-corrected chi connectivity index (χ1v) is 6.26. The molecule has 0 amide bonds. The zero-order valence-electron chi connectivity index (χ0n) is 10.9. The fourth-order valence-corrected chi connectivity index (χ4v) is 2.09. The van der Waals surface area contributed by atoms with Gasteiger partial charge in [0.25, 0.3) is 0 Å². The van der Waals surface area contributed by atoms with Gasteiger partial charge in [-0.05, 0) is 24.1 Å². The Morgan fingerprint density at radius 1 is 1.56 bits per heavy atom. The van der Waals surface area contributed by atoms with Crippen molar-refractivity contribution >= 4 is 5.97 Å².